The Morgan fingerprint density at radius 3 is 2.50 bits per heavy atom. The fourth-order valence-electron chi connectivity index (χ4n) is 1.86. The van der Waals surface area contributed by atoms with Crippen LogP contribution in [0.2, 0.25) is 0 Å². The van der Waals surface area contributed by atoms with Gasteiger partial charge in [0.05, 0.1) is 0 Å². The molecule has 0 bridgehead atoms. The monoisotopic (exact) mass is 164 g/mol. The van der Waals surface area contributed by atoms with E-state index in [1.165, 1.54) is 25.7 Å². The molecular weight excluding hydrogens is 144 g/mol. The summed E-state index contributed by atoms with van der Waals surface area (Å²) in [5.41, 5.74) is 0. The topological polar surface area (TPSA) is 0 Å². The average molecular weight is 164 g/mol. The summed E-state index contributed by atoms with van der Waals surface area (Å²) in [5, 5.41) is 0. The summed E-state index contributed by atoms with van der Waals surface area (Å²) in [6.45, 7) is 4.60. The lowest BCUT2D eigenvalue weighted by Gasteiger charge is -2.19. The highest BCUT2D eigenvalue weighted by Gasteiger charge is 2.11. The molecule has 0 aromatic rings. The Kier molecular flexibility index (Phi) is 4.13. The van der Waals surface area contributed by atoms with Gasteiger partial charge in [0.2, 0.25) is 0 Å². The van der Waals surface area contributed by atoms with Gasteiger partial charge in [-0.1, -0.05) is 51.0 Å². The minimum atomic E-state index is 0.819. The molecule has 0 amide bonds. The lowest BCUT2D eigenvalue weighted by atomic mass is 9.87. The number of hydrogen-bond acceptors (Lipinski definition) is 0. The molecule has 1 aliphatic carbocycles. The van der Waals surface area contributed by atoms with Gasteiger partial charge in [0.15, 0.2) is 0 Å². The Morgan fingerprint density at radius 2 is 2.00 bits per heavy atom. The van der Waals surface area contributed by atoms with Crippen molar-refractivity contribution in [3.63, 3.8) is 0 Å². The molecule has 0 heterocycles. The summed E-state index contributed by atoms with van der Waals surface area (Å²) in [4.78, 5) is 0. The Bertz CT molecular complexity index is 161. The van der Waals surface area contributed by atoms with Crippen LogP contribution in [0.3, 0.4) is 0 Å². The van der Waals surface area contributed by atoms with E-state index < -0.39 is 0 Å². The lowest BCUT2D eigenvalue weighted by molar-refractivity contribution is 0.394. The van der Waals surface area contributed by atoms with E-state index in [-0.39, 0.29) is 0 Å². The SMILES string of the molecule is CCC(CC)CC1C=CC=CC1. The molecule has 68 valence electrons. The molecule has 0 aromatic heterocycles. The molecule has 0 fully saturated rings. The Labute approximate surface area is 76.4 Å². The van der Waals surface area contributed by atoms with Crippen molar-refractivity contribution < 1.29 is 0 Å². The number of rotatable bonds is 4. The third kappa shape index (κ3) is 2.84. The highest BCUT2D eigenvalue weighted by molar-refractivity contribution is 5.10. The molecule has 0 saturated carbocycles. The quantitative estimate of drug-likeness (QED) is 0.590. The first-order valence-electron chi connectivity index (χ1n) is 5.20. The fraction of sp³-hybridized carbons (Fsp3) is 0.667. The Morgan fingerprint density at radius 1 is 1.25 bits per heavy atom. The smallest absolute Gasteiger partial charge is 0.0193 e. The third-order valence-corrected chi connectivity index (χ3v) is 2.86. The van der Waals surface area contributed by atoms with E-state index in [9.17, 15) is 0 Å². The van der Waals surface area contributed by atoms with Gasteiger partial charge in [-0.15, -0.1) is 0 Å². The highest BCUT2D eigenvalue weighted by Crippen LogP contribution is 2.24. The molecule has 0 aliphatic heterocycles. The lowest BCUT2D eigenvalue weighted by Crippen LogP contribution is -2.06. The van der Waals surface area contributed by atoms with Crippen molar-refractivity contribution in [2.24, 2.45) is 11.8 Å². The predicted octanol–water partition coefficient (Wildman–Crippen LogP) is 3.95. The summed E-state index contributed by atoms with van der Waals surface area (Å²) >= 11 is 0. The second-order valence-electron chi connectivity index (χ2n) is 3.73. The van der Waals surface area contributed by atoms with Crippen LogP contribution in [0.15, 0.2) is 24.3 Å². The van der Waals surface area contributed by atoms with Gasteiger partial charge in [0, 0.05) is 0 Å². The average Bonchev–Trinajstić information content (AvgIpc) is 2.16. The van der Waals surface area contributed by atoms with E-state index in [4.69, 9.17) is 0 Å². The molecular formula is C12H20. The van der Waals surface area contributed by atoms with Crippen LogP contribution in [0.5, 0.6) is 0 Å². The maximum absolute atomic E-state index is 2.36. The van der Waals surface area contributed by atoms with Crippen LogP contribution in [0.25, 0.3) is 0 Å². The first-order chi connectivity index (χ1) is 5.86. The largest absolute Gasteiger partial charge is 0.0840 e. The van der Waals surface area contributed by atoms with E-state index in [2.05, 4.69) is 38.2 Å². The van der Waals surface area contributed by atoms with Gasteiger partial charge in [-0.3, -0.25) is 0 Å². The van der Waals surface area contributed by atoms with Crippen molar-refractivity contribution in [1.82, 2.24) is 0 Å². The first-order valence-corrected chi connectivity index (χ1v) is 5.20. The zero-order valence-corrected chi connectivity index (χ0v) is 8.29. The summed E-state index contributed by atoms with van der Waals surface area (Å²) < 4.78 is 0. The molecule has 1 atom stereocenters. The maximum atomic E-state index is 2.36. The van der Waals surface area contributed by atoms with Crippen molar-refractivity contribution in [3.8, 4) is 0 Å². The molecule has 1 rings (SSSR count). The second-order valence-corrected chi connectivity index (χ2v) is 3.73. The van der Waals surface area contributed by atoms with E-state index >= 15 is 0 Å². The van der Waals surface area contributed by atoms with Gasteiger partial charge in [-0.25, -0.2) is 0 Å². The van der Waals surface area contributed by atoms with Crippen LogP contribution in [0.4, 0.5) is 0 Å². The predicted molar refractivity (Wildman–Crippen MR) is 55.1 cm³/mol. The number of allylic oxidation sites excluding steroid dienone is 4. The van der Waals surface area contributed by atoms with E-state index in [1.807, 2.05) is 0 Å². The molecule has 1 unspecified atom stereocenters. The number of hydrogen-bond donors (Lipinski definition) is 0. The molecule has 0 heteroatoms. The minimum absolute atomic E-state index is 0.819. The standard InChI is InChI=1S/C12H20/c1-3-11(4-2)10-12-8-6-5-7-9-12/h5-8,11-12H,3-4,9-10H2,1-2H3. The minimum Gasteiger partial charge on any atom is -0.0840 e. The molecule has 0 radical (unpaired) electrons. The summed E-state index contributed by atoms with van der Waals surface area (Å²) in [5.74, 6) is 1.76. The molecule has 0 N–H and O–H groups in total. The maximum Gasteiger partial charge on any atom is -0.0193 e. The molecule has 0 spiro atoms. The zero-order valence-electron chi connectivity index (χ0n) is 8.29. The van der Waals surface area contributed by atoms with Gasteiger partial charge < -0.3 is 0 Å². The summed E-state index contributed by atoms with van der Waals surface area (Å²) in [7, 11) is 0. The zero-order chi connectivity index (χ0) is 8.81. The van der Waals surface area contributed by atoms with E-state index in [0.717, 1.165) is 11.8 Å². The van der Waals surface area contributed by atoms with Crippen LogP contribution in [0, 0.1) is 11.8 Å². The molecule has 0 nitrogen and oxygen atoms in total. The van der Waals surface area contributed by atoms with Gasteiger partial charge in [0.1, 0.15) is 0 Å². The Hall–Kier alpha value is -0.520. The molecule has 12 heavy (non-hydrogen) atoms. The first kappa shape index (κ1) is 9.57. The second kappa shape index (κ2) is 5.18. The highest BCUT2D eigenvalue weighted by atomic mass is 14.2. The van der Waals surface area contributed by atoms with Gasteiger partial charge in [-0.05, 0) is 24.7 Å². The van der Waals surface area contributed by atoms with Crippen molar-refractivity contribution in [2.45, 2.75) is 39.5 Å². The third-order valence-electron chi connectivity index (χ3n) is 2.86. The van der Waals surface area contributed by atoms with Crippen LogP contribution in [-0.2, 0) is 0 Å². The van der Waals surface area contributed by atoms with Crippen molar-refractivity contribution in [1.29, 1.82) is 0 Å². The van der Waals surface area contributed by atoms with E-state index in [1.54, 1.807) is 0 Å². The summed E-state index contributed by atoms with van der Waals surface area (Å²) in [6, 6.07) is 0. The van der Waals surface area contributed by atoms with Crippen molar-refractivity contribution in [2.75, 3.05) is 0 Å². The Balaban J connectivity index is 2.30. The van der Waals surface area contributed by atoms with Crippen LogP contribution < -0.4 is 0 Å². The molecule has 0 aromatic carbocycles. The van der Waals surface area contributed by atoms with Crippen molar-refractivity contribution in [3.05, 3.63) is 24.3 Å². The van der Waals surface area contributed by atoms with Crippen LogP contribution in [0.1, 0.15) is 39.5 Å². The van der Waals surface area contributed by atoms with Gasteiger partial charge >= 0.3 is 0 Å². The van der Waals surface area contributed by atoms with Crippen LogP contribution in [-0.4, -0.2) is 0 Å². The van der Waals surface area contributed by atoms with Gasteiger partial charge in [0.25, 0.3) is 0 Å². The fourth-order valence-corrected chi connectivity index (χ4v) is 1.86. The van der Waals surface area contributed by atoms with Crippen molar-refractivity contribution >= 4 is 0 Å². The molecule has 0 saturated heterocycles. The molecule has 1 aliphatic rings. The normalized spacial score (nSPS) is 22.1. The van der Waals surface area contributed by atoms with Crippen LogP contribution >= 0.6 is 0 Å². The van der Waals surface area contributed by atoms with Gasteiger partial charge in [-0.2, -0.15) is 0 Å². The summed E-state index contributed by atoms with van der Waals surface area (Å²) in [6.07, 6.45) is 14.3. The van der Waals surface area contributed by atoms with E-state index in [0.29, 0.717) is 0 Å².